The molecule has 0 aromatic heterocycles. The summed E-state index contributed by atoms with van der Waals surface area (Å²) in [5, 5.41) is 4.10. The van der Waals surface area contributed by atoms with Gasteiger partial charge in [-0.25, -0.2) is 0 Å². The van der Waals surface area contributed by atoms with E-state index in [-0.39, 0.29) is 17.4 Å². The molecule has 0 aliphatic rings. The van der Waals surface area contributed by atoms with E-state index in [1.165, 1.54) is 21.5 Å². The first-order chi connectivity index (χ1) is 13.4. The fourth-order valence-electron chi connectivity index (χ4n) is 2.45. The van der Waals surface area contributed by atoms with Crippen molar-refractivity contribution in [1.82, 2.24) is 0 Å². The third-order valence-electron chi connectivity index (χ3n) is 3.43. The van der Waals surface area contributed by atoms with Crippen LogP contribution in [0.15, 0.2) is 91.5 Å². The van der Waals surface area contributed by atoms with Crippen molar-refractivity contribution >= 4 is 29.9 Å². The van der Waals surface area contributed by atoms with Gasteiger partial charge in [-0.05, 0) is 29.4 Å². The Morgan fingerprint density at radius 1 is 0.607 bits per heavy atom. The first-order valence-electron chi connectivity index (χ1n) is 7.63. The Bertz CT molecular complexity index is 805. The second-order valence-electron chi connectivity index (χ2n) is 4.77. The van der Waals surface area contributed by atoms with Gasteiger partial charge in [0.2, 0.25) is 0 Å². The summed E-state index contributed by atoms with van der Waals surface area (Å²) in [7, 11) is -0.544. The van der Waals surface area contributed by atoms with Crippen LogP contribution in [0.25, 0.3) is 6.08 Å². The maximum Gasteiger partial charge on any atom is 0 e. The second-order valence-corrected chi connectivity index (χ2v) is 6.95. The van der Waals surface area contributed by atoms with E-state index in [0.717, 1.165) is 0 Å². The van der Waals surface area contributed by atoms with Gasteiger partial charge in [-0.2, -0.15) is 0 Å². The van der Waals surface area contributed by atoms with Gasteiger partial charge in [-0.1, -0.05) is 97.6 Å². The van der Waals surface area contributed by atoms with Gasteiger partial charge in [0.25, 0.3) is 0 Å². The van der Waals surface area contributed by atoms with E-state index >= 15 is 0 Å². The summed E-state index contributed by atoms with van der Waals surface area (Å²) in [6, 6.07) is 30.0. The van der Waals surface area contributed by atoms with Crippen LogP contribution in [-0.4, -0.2) is 0 Å². The topological polar surface area (TPSA) is 59.7 Å². The number of hydrogen-bond donors (Lipinski definition) is 0. The van der Waals surface area contributed by atoms with E-state index in [4.69, 9.17) is 14.0 Å². The molecule has 0 aliphatic carbocycles. The molecule has 0 fully saturated rings. The molecule has 0 atom stereocenters. The van der Waals surface area contributed by atoms with Crippen LogP contribution in [0.4, 0.5) is 0 Å². The van der Waals surface area contributed by atoms with Gasteiger partial charge in [0.1, 0.15) is 0 Å². The van der Waals surface area contributed by atoms with Crippen LogP contribution < -0.4 is 15.9 Å². The van der Waals surface area contributed by atoms with Crippen LogP contribution >= 0.6 is 7.92 Å². The quantitative estimate of drug-likeness (QED) is 0.346. The van der Waals surface area contributed by atoms with Crippen LogP contribution in [0.1, 0.15) is 5.56 Å². The molecule has 0 amide bonds. The Hall–Kier alpha value is -2.42. The van der Waals surface area contributed by atoms with Crippen LogP contribution in [0.3, 0.4) is 0 Å². The molecule has 3 aromatic carbocycles. The maximum absolute atomic E-state index is 7.50. The first kappa shape index (κ1) is 27.8. The SMILES string of the molecule is C=Cc1ccccc1P(c1ccccc1)c1ccccc1.[C-]#[O+].[C-]#[O+].[C-]#[O+].[Cr]. The molecule has 0 aliphatic heterocycles. The zero-order chi connectivity index (χ0) is 20.5. The van der Waals surface area contributed by atoms with Crippen molar-refractivity contribution in [1.29, 1.82) is 0 Å². The van der Waals surface area contributed by atoms with E-state index in [1.54, 1.807) is 0 Å². The molecule has 0 unspecified atom stereocenters. The van der Waals surface area contributed by atoms with Crippen molar-refractivity contribution in [2.75, 3.05) is 0 Å². The molecular formula is C23H17CrO3P. The first-order valence-corrected chi connectivity index (χ1v) is 8.97. The van der Waals surface area contributed by atoms with Crippen molar-refractivity contribution in [2.24, 2.45) is 0 Å². The van der Waals surface area contributed by atoms with Crippen LogP contribution in [-0.2, 0) is 31.3 Å². The standard InChI is InChI=1S/C20H17P.3CO.Cr/c1-2-17-11-9-10-16-20(17)21(18-12-5-3-6-13-18)19-14-7-4-8-15-19;3*1-2;/h2-16H,1H2;;;;. The normalized spacial score (nSPS) is 8.11. The predicted octanol–water partition coefficient (Wildman–Crippen LogP) is 3.97. The Morgan fingerprint density at radius 2 is 0.964 bits per heavy atom. The molecule has 138 valence electrons. The fraction of sp³-hybridized carbons (Fsp3) is 0. The van der Waals surface area contributed by atoms with E-state index in [2.05, 4.69) is 111 Å². The van der Waals surface area contributed by atoms with Crippen LogP contribution in [0.2, 0.25) is 0 Å². The summed E-state index contributed by atoms with van der Waals surface area (Å²) in [4.78, 5) is 0. The Kier molecular flexibility index (Phi) is 17.8. The molecule has 0 spiro atoms. The van der Waals surface area contributed by atoms with E-state index in [1.807, 2.05) is 6.08 Å². The fourth-order valence-corrected chi connectivity index (χ4v) is 4.90. The van der Waals surface area contributed by atoms with Gasteiger partial charge in [0.05, 0.1) is 0 Å². The Balaban J connectivity index is 0. The molecular weight excluding hydrogens is 407 g/mol. The summed E-state index contributed by atoms with van der Waals surface area (Å²) in [6.07, 6.45) is 1.95. The van der Waals surface area contributed by atoms with Crippen LogP contribution in [0.5, 0.6) is 0 Å². The van der Waals surface area contributed by atoms with Crippen molar-refractivity contribution in [3.8, 4) is 0 Å². The molecule has 0 bridgehead atoms. The molecule has 3 aromatic rings. The molecule has 0 radical (unpaired) electrons. The zero-order valence-electron chi connectivity index (χ0n) is 14.9. The monoisotopic (exact) mass is 424 g/mol. The Morgan fingerprint density at radius 3 is 1.36 bits per heavy atom. The van der Waals surface area contributed by atoms with Gasteiger partial charge < -0.3 is 0 Å². The summed E-state index contributed by atoms with van der Waals surface area (Å²) in [5.74, 6) is 0. The van der Waals surface area contributed by atoms with E-state index < -0.39 is 7.92 Å². The number of hydrogen-bond acceptors (Lipinski definition) is 0. The average molecular weight is 424 g/mol. The molecule has 5 heteroatoms. The summed E-state index contributed by atoms with van der Waals surface area (Å²) in [6.45, 7) is 17.5. The minimum Gasteiger partial charge on any atom is 0 e. The minimum atomic E-state index is -0.544. The average Bonchev–Trinajstić information content (AvgIpc) is 2.80. The molecule has 0 saturated carbocycles. The Labute approximate surface area is 178 Å². The second kappa shape index (κ2) is 18.0. The van der Waals surface area contributed by atoms with Gasteiger partial charge >= 0.3 is 33.9 Å². The van der Waals surface area contributed by atoms with Crippen LogP contribution in [0, 0.1) is 20.0 Å². The molecule has 28 heavy (non-hydrogen) atoms. The summed E-state index contributed by atoms with van der Waals surface area (Å²) < 4.78 is 22.5. The molecule has 0 heterocycles. The molecule has 0 N–H and O–H groups in total. The smallest absolute Gasteiger partial charge is 0 e. The van der Waals surface area contributed by atoms with Crippen molar-refractivity contribution < 1.29 is 31.3 Å². The third kappa shape index (κ3) is 8.08. The maximum atomic E-state index is 7.50. The van der Waals surface area contributed by atoms with Gasteiger partial charge in [-0.15, -0.1) is 0 Å². The number of rotatable bonds is 4. The molecule has 3 nitrogen and oxygen atoms in total. The minimum absolute atomic E-state index is 0. The van der Waals surface area contributed by atoms with Gasteiger partial charge in [0, 0.05) is 17.4 Å². The summed E-state index contributed by atoms with van der Waals surface area (Å²) in [5.41, 5.74) is 1.22. The van der Waals surface area contributed by atoms with Gasteiger partial charge in [0.15, 0.2) is 0 Å². The predicted molar refractivity (Wildman–Crippen MR) is 107 cm³/mol. The van der Waals surface area contributed by atoms with E-state index in [9.17, 15) is 0 Å². The third-order valence-corrected chi connectivity index (χ3v) is 5.94. The van der Waals surface area contributed by atoms with Crippen molar-refractivity contribution in [3.05, 3.63) is 117 Å². The van der Waals surface area contributed by atoms with Gasteiger partial charge in [-0.3, -0.25) is 0 Å². The van der Waals surface area contributed by atoms with Crippen molar-refractivity contribution in [3.63, 3.8) is 0 Å². The molecule has 0 saturated heterocycles. The van der Waals surface area contributed by atoms with E-state index in [0.29, 0.717) is 0 Å². The van der Waals surface area contributed by atoms with Crippen molar-refractivity contribution in [2.45, 2.75) is 0 Å². The largest absolute Gasteiger partial charge is 0 e. The molecule has 3 rings (SSSR count). The number of benzene rings is 3. The summed E-state index contributed by atoms with van der Waals surface area (Å²) >= 11 is 0. The zero-order valence-corrected chi connectivity index (χ0v) is 17.1.